The molecule has 0 N–H and O–H groups in total. The summed E-state index contributed by atoms with van der Waals surface area (Å²) in [5, 5.41) is 10.7. The largest absolute Gasteiger partial charge is 0.338 e. The predicted molar refractivity (Wildman–Crippen MR) is 71.9 cm³/mol. The van der Waals surface area contributed by atoms with Gasteiger partial charge in [0.2, 0.25) is 0 Å². The summed E-state index contributed by atoms with van der Waals surface area (Å²) in [7, 11) is 0. The van der Waals surface area contributed by atoms with Crippen molar-refractivity contribution in [2.24, 2.45) is 11.8 Å². The highest BCUT2D eigenvalue weighted by Gasteiger charge is 2.26. The van der Waals surface area contributed by atoms with Crippen molar-refractivity contribution in [3.63, 3.8) is 0 Å². The van der Waals surface area contributed by atoms with Crippen LogP contribution in [-0.2, 0) is 0 Å². The Kier molecular flexibility index (Phi) is 3.83. The SMILES string of the molecule is C[C@@H]1C[C@@H](C)CN(C(=O)c2cccc([N+](=O)[O-])c2)C1. The molecule has 0 bridgehead atoms. The third-order valence-electron chi connectivity index (χ3n) is 3.46. The van der Waals surface area contributed by atoms with Crippen LogP contribution in [0.4, 0.5) is 5.69 Å². The summed E-state index contributed by atoms with van der Waals surface area (Å²) in [4.78, 5) is 24.4. The summed E-state index contributed by atoms with van der Waals surface area (Å²) in [6, 6.07) is 5.95. The van der Waals surface area contributed by atoms with E-state index >= 15 is 0 Å². The smallest absolute Gasteiger partial charge is 0.270 e. The van der Waals surface area contributed by atoms with Crippen molar-refractivity contribution in [2.75, 3.05) is 13.1 Å². The van der Waals surface area contributed by atoms with Gasteiger partial charge in [0, 0.05) is 30.8 Å². The van der Waals surface area contributed by atoms with E-state index < -0.39 is 4.92 Å². The van der Waals surface area contributed by atoms with Crippen molar-refractivity contribution in [2.45, 2.75) is 20.3 Å². The van der Waals surface area contributed by atoms with Crippen LogP contribution in [-0.4, -0.2) is 28.8 Å². The Morgan fingerprint density at radius 2 is 1.95 bits per heavy atom. The van der Waals surface area contributed by atoms with Gasteiger partial charge in [-0.3, -0.25) is 14.9 Å². The third kappa shape index (κ3) is 3.10. The Hall–Kier alpha value is -1.91. The molecule has 5 heteroatoms. The minimum absolute atomic E-state index is 0.0380. The first-order valence-corrected chi connectivity index (χ1v) is 6.51. The lowest BCUT2D eigenvalue weighted by molar-refractivity contribution is -0.384. The molecule has 1 saturated heterocycles. The van der Waals surface area contributed by atoms with Crippen LogP contribution in [0.3, 0.4) is 0 Å². The van der Waals surface area contributed by atoms with E-state index in [1.165, 1.54) is 12.1 Å². The van der Waals surface area contributed by atoms with Crippen LogP contribution in [0.25, 0.3) is 0 Å². The molecule has 1 aromatic rings. The summed E-state index contributed by atoms with van der Waals surface area (Å²) >= 11 is 0. The number of benzene rings is 1. The zero-order chi connectivity index (χ0) is 14.0. The third-order valence-corrected chi connectivity index (χ3v) is 3.46. The van der Waals surface area contributed by atoms with Crippen LogP contribution in [0.15, 0.2) is 24.3 Å². The Morgan fingerprint density at radius 1 is 1.32 bits per heavy atom. The Labute approximate surface area is 112 Å². The van der Waals surface area contributed by atoms with Gasteiger partial charge in [0.05, 0.1) is 4.92 Å². The van der Waals surface area contributed by atoms with Gasteiger partial charge in [-0.15, -0.1) is 0 Å². The molecule has 0 radical (unpaired) electrons. The fraction of sp³-hybridized carbons (Fsp3) is 0.500. The minimum Gasteiger partial charge on any atom is -0.338 e. The highest BCUT2D eigenvalue weighted by molar-refractivity contribution is 5.94. The maximum Gasteiger partial charge on any atom is 0.270 e. The molecular formula is C14H18N2O3. The van der Waals surface area contributed by atoms with Crippen LogP contribution >= 0.6 is 0 Å². The molecule has 1 aromatic carbocycles. The predicted octanol–water partition coefficient (Wildman–Crippen LogP) is 2.71. The van der Waals surface area contributed by atoms with Crippen molar-refractivity contribution < 1.29 is 9.72 Å². The first-order chi connectivity index (χ1) is 8.97. The zero-order valence-electron chi connectivity index (χ0n) is 11.2. The lowest BCUT2D eigenvalue weighted by Crippen LogP contribution is -2.42. The number of likely N-dealkylation sites (tertiary alicyclic amines) is 1. The van der Waals surface area contributed by atoms with Crippen LogP contribution in [0.5, 0.6) is 0 Å². The fourth-order valence-corrected chi connectivity index (χ4v) is 2.76. The Bertz CT molecular complexity index is 491. The van der Waals surface area contributed by atoms with Gasteiger partial charge in [0.15, 0.2) is 0 Å². The number of hydrogen-bond donors (Lipinski definition) is 0. The molecule has 1 heterocycles. The van der Waals surface area contributed by atoms with E-state index in [2.05, 4.69) is 13.8 Å². The van der Waals surface area contributed by atoms with Crippen molar-refractivity contribution in [1.29, 1.82) is 0 Å². The quantitative estimate of drug-likeness (QED) is 0.608. The molecule has 1 amide bonds. The van der Waals surface area contributed by atoms with Gasteiger partial charge >= 0.3 is 0 Å². The highest BCUT2D eigenvalue weighted by atomic mass is 16.6. The number of piperidine rings is 1. The summed E-state index contributed by atoms with van der Waals surface area (Å²) in [5.41, 5.74) is 0.361. The van der Waals surface area contributed by atoms with Gasteiger partial charge in [0.1, 0.15) is 0 Å². The number of amides is 1. The molecule has 5 nitrogen and oxygen atoms in total. The molecule has 0 saturated carbocycles. The number of rotatable bonds is 2. The zero-order valence-corrected chi connectivity index (χ0v) is 11.2. The number of carbonyl (C=O) groups is 1. The first-order valence-electron chi connectivity index (χ1n) is 6.51. The van der Waals surface area contributed by atoms with Crippen LogP contribution in [0, 0.1) is 22.0 Å². The second-order valence-electron chi connectivity index (χ2n) is 5.46. The number of nitro benzene ring substituents is 1. The van der Waals surface area contributed by atoms with E-state index in [-0.39, 0.29) is 11.6 Å². The van der Waals surface area contributed by atoms with E-state index in [0.717, 1.165) is 19.5 Å². The van der Waals surface area contributed by atoms with Crippen LogP contribution < -0.4 is 0 Å². The number of non-ortho nitro benzene ring substituents is 1. The summed E-state index contributed by atoms with van der Waals surface area (Å²) < 4.78 is 0. The maximum absolute atomic E-state index is 12.4. The number of nitro groups is 1. The monoisotopic (exact) mass is 262 g/mol. The van der Waals surface area contributed by atoms with E-state index in [4.69, 9.17) is 0 Å². The van der Waals surface area contributed by atoms with E-state index in [9.17, 15) is 14.9 Å². The van der Waals surface area contributed by atoms with Crippen LogP contribution in [0.2, 0.25) is 0 Å². The molecule has 2 rings (SSSR count). The topological polar surface area (TPSA) is 63.5 Å². The second kappa shape index (κ2) is 5.38. The van der Waals surface area contributed by atoms with Gasteiger partial charge in [-0.25, -0.2) is 0 Å². The van der Waals surface area contributed by atoms with Gasteiger partial charge < -0.3 is 4.90 Å². The summed E-state index contributed by atoms with van der Waals surface area (Å²) in [5.74, 6) is 0.847. The molecule has 19 heavy (non-hydrogen) atoms. The van der Waals surface area contributed by atoms with E-state index in [1.54, 1.807) is 17.0 Å². The van der Waals surface area contributed by atoms with Crippen molar-refractivity contribution in [3.05, 3.63) is 39.9 Å². The second-order valence-corrected chi connectivity index (χ2v) is 5.46. The van der Waals surface area contributed by atoms with E-state index in [1.807, 2.05) is 0 Å². The van der Waals surface area contributed by atoms with Crippen molar-refractivity contribution >= 4 is 11.6 Å². The maximum atomic E-state index is 12.4. The molecule has 0 unspecified atom stereocenters. The Balaban J connectivity index is 2.19. The lowest BCUT2D eigenvalue weighted by atomic mass is 9.91. The lowest BCUT2D eigenvalue weighted by Gasteiger charge is -2.35. The molecular weight excluding hydrogens is 244 g/mol. The molecule has 0 spiro atoms. The number of nitrogens with zero attached hydrogens (tertiary/aromatic N) is 2. The average Bonchev–Trinajstić information content (AvgIpc) is 2.37. The molecule has 1 aliphatic rings. The van der Waals surface area contributed by atoms with Gasteiger partial charge in [-0.1, -0.05) is 19.9 Å². The summed E-state index contributed by atoms with van der Waals surface area (Å²) in [6.07, 6.45) is 1.12. The fourth-order valence-electron chi connectivity index (χ4n) is 2.76. The van der Waals surface area contributed by atoms with Gasteiger partial charge in [-0.2, -0.15) is 0 Å². The first kappa shape index (κ1) is 13.5. The highest BCUT2D eigenvalue weighted by Crippen LogP contribution is 2.23. The molecule has 0 aliphatic carbocycles. The molecule has 102 valence electrons. The molecule has 1 fully saturated rings. The number of carbonyl (C=O) groups excluding carboxylic acids is 1. The van der Waals surface area contributed by atoms with Crippen LogP contribution in [0.1, 0.15) is 30.6 Å². The Morgan fingerprint density at radius 3 is 2.53 bits per heavy atom. The molecule has 1 aliphatic heterocycles. The molecule has 0 aromatic heterocycles. The molecule has 2 atom stereocenters. The van der Waals surface area contributed by atoms with E-state index in [0.29, 0.717) is 17.4 Å². The average molecular weight is 262 g/mol. The van der Waals surface area contributed by atoms with Gasteiger partial charge in [-0.05, 0) is 24.3 Å². The van der Waals surface area contributed by atoms with Gasteiger partial charge in [0.25, 0.3) is 11.6 Å². The minimum atomic E-state index is -0.474. The standard InChI is InChI=1S/C14H18N2O3/c1-10-6-11(2)9-15(8-10)14(17)12-4-3-5-13(7-12)16(18)19/h3-5,7,10-11H,6,8-9H2,1-2H3/t10-,11-/m1/s1. The van der Waals surface area contributed by atoms with Crippen molar-refractivity contribution in [1.82, 2.24) is 4.90 Å². The van der Waals surface area contributed by atoms with Crippen molar-refractivity contribution in [3.8, 4) is 0 Å². The normalized spacial score (nSPS) is 23.2. The summed E-state index contributed by atoms with van der Waals surface area (Å²) in [6.45, 7) is 5.71. The number of hydrogen-bond acceptors (Lipinski definition) is 3.